The van der Waals surface area contributed by atoms with Gasteiger partial charge < -0.3 is 9.52 Å². The largest absolute Gasteiger partial charge is 0.508 e. The summed E-state index contributed by atoms with van der Waals surface area (Å²) < 4.78 is 9.20. The Morgan fingerprint density at radius 1 is 1.35 bits per heavy atom. The fraction of sp³-hybridized carbons (Fsp3) is 0.200. The van der Waals surface area contributed by atoms with E-state index in [0.29, 0.717) is 12.1 Å². The van der Waals surface area contributed by atoms with E-state index < -0.39 is 5.63 Å². The molecule has 0 saturated carbocycles. The number of nitrogens with zero attached hydrogens (tertiary/aromatic N) is 2. The Morgan fingerprint density at radius 3 is 2.85 bits per heavy atom. The summed E-state index contributed by atoms with van der Waals surface area (Å²) in [6.45, 7) is 2.60. The summed E-state index contributed by atoms with van der Waals surface area (Å²) in [4.78, 5) is 11.6. The number of aryl methyl sites for hydroxylation is 1. The fourth-order valence-electron chi connectivity index (χ4n) is 2.30. The fourth-order valence-corrected chi connectivity index (χ4v) is 2.30. The molecule has 0 saturated heterocycles. The lowest BCUT2D eigenvalue weighted by molar-refractivity contribution is -0.677. The van der Waals surface area contributed by atoms with Crippen LogP contribution in [0.25, 0.3) is 11.0 Å². The lowest BCUT2D eigenvalue weighted by Gasteiger charge is -2.04. The molecule has 0 aliphatic heterocycles. The van der Waals surface area contributed by atoms with E-state index in [1.54, 1.807) is 12.1 Å². The quantitative estimate of drug-likeness (QED) is 0.567. The number of aromatic hydroxyl groups is 1. The van der Waals surface area contributed by atoms with Crippen molar-refractivity contribution in [1.82, 2.24) is 4.57 Å². The molecule has 0 aliphatic rings. The standard InChI is InChI=1S/C15H14N2O3/c1-10-16(2)5-6-17(10)9-11-7-15(19)20-14-8-12(18)3-4-13(11)14/h3-8H,9H2,1-2H3/p+1. The first-order chi connectivity index (χ1) is 9.54. The van der Waals surface area contributed by atoms with Gasteiger partial charge in [-0.3, -0.25) is 0 Å². The maximum atomic E-state index is 11.6. The summed E-state index contributed by atoms with van der Waals surface area (Å²) in [5, 5.41) is 10.3. The Morgan fingerprint density at radius 2 is 2.15 bits per heavy atom. The van der Waals surface area contributed by atoms with Crippen LogP contribution in [-0.4, -0.2) is 9.67 Å². The molecule has 1 N–H and O–H groups in total. The minimum Gasteiger partial charge on any atom is -0.508 e. The third-order valence-corrected chi connectivity index (χ3v) is 3.55. The molecule has 0 unspecified atom stereocenters. The van der Waals surface area contributed by atoms with Gasteiger partial charge in [-0.25, -0.2) is 13.9 Å². The topological polar surface area (TPSA) is 59.3 Å². The lowest BCUT2D eigenvalue weighted by atomic mass is 10.1. The van der Waals surface area contributed by atoms with Gasteiger partial charge in [-0.15, -0.1) is 0 Å². The SMILES string of the molecule is Cc1n(Cc2cc(=O)oc3cc(O)ccc23)cc[n+]1C. The first-order valence-corrected chi connectivity index (χ1v) is 6.32. The Kier molecular flexibility index (Phi) is 2.82. The smallest absolute Gasteiger partial charge is 0.336 e. The molecule has 3 rings (SSSR count). The normalized spacial score (nSPS) is 11.1. The summed E-state index contributed by atoms with van der Waals surface area (Å²) in [7, 11) is 1.97. The highest BCUT2D eigenvalue weighted by molar-refractivity contribution is 5.81. The zero-order chi connectivity index (χ0) is 14.3. The molecule has 3 aromatic rings. The minimum atomic E-state index is -0.410. The molecule has 102 valence electrons. The van der Waals surface area contributed by atoms with Crippen LogP contribution in [0.2, 0.25) is 0 Å². The monoisotopic (exact) mass is 271 g/mol. The van der Waals surface area contributed by atoms with E-state index in [1.165, 1.54) is 12.1 Å². The molecule has 0 radical (unpaired) electrons. The van der Waals surface area contributed by atoms with Crippen LogP contribution < -0.4 is 10.2 Å². The van der Waals surface area contributed by atoms with Gasteiger partial charge in [0.15, 0.2) is 0 Å². The number of benzene rings is 1. The summed E-state index contributed by atoms with van der Waals surface area (Å²) in [5.41, 5.74) is 0.865. The van der Waals surface area contributed by atoms with Gasteiger partial charge in [-0.1, -0.05) is 0 Å². The number of hydrogen-bond donors (Lipinski definition) is 1. The van der Waals surface area contributed by atoms with E-state index in [0.717, 1.165) is 16.8 Å². The van der Waals surface area contributed by atoms with E-state index in [1.807, 2.05) is 30.9 Å². The summed E-state index contributed by atoms with van der Waals surface area (Å²) >= 11 is 0. The van der Waals surface area contributed by atoms with Crippen molar-refractivity contribution in [1.29, 1.82) is 0 Å². The second kappa shape index (κ2) is 4.52. The van der Waals surface area contributed by atoms with Gasteiger partial charge in [0.25, 0.3) is 5.82 Å². The molecule has 1 aromatic carbocycles. The predicted octanol–water partition coefficient (Wildman–Crippen LogP) is 1.48. The van der Waals surface area contributed by atoms with Crippen LogP contribution in [0.15, 0.2) is 45.9 Å². The van der Waals surface area contributed by atoms with Gasteiger partial charge in [0.2, 0.25) is 0 Å². The number of fused-ring (bicyclic) bond motifs is 1. The van der Waals surface area contributed by atoms with Crippen LogP contribution in [0.4, 0.5) is 0 Å². The summed E-state index contributed by atoms with van der Waals surface area (Å²) in [6, 6.07) is 6.32. The van der Waals surface area contributed by atoms with Crippen molar-refractivity contribution < 1.29 is 14.1 Å². The molecular formula is C15H15N2O3+. The molecule has 0 spiro atoms. The van der Waals surface area contributed by atoms with E-state index in [-0.39, 0.29) is 5.75 Å². The van der Waals surface area contributed by atoms with Gasteiger partial charge in [-0.05, 0) is 12.1 Å². The number of phenols is 1. The van der Waals surface area contributed by atoms with Crippen molar-refractivity contribution in [2.24, 2.45) is 7.05 Å². The van der Waals surface area contributed by atoms with Crippen LogP contribution >= 0.6 is 0 Å². The third-order valence-electron chi connectivity index (χ3n) is 3.55. The molecule has 2 aromatic heterocycles. The Balaban J connectivity index is 2.16. The molecule has 0 fully saturated rings. The van der Waals surface area contributed by atoms with E-state index in [9.17, 15) is 9.90 Å². The number of phenolic OH excluding ortho intramolecular Hbond substituents is 1. The van der Waals surface area contributed by atoms with E-state index >= 15 is 0 Å². The first-order valence-electron chi connectivity index (χ1n) is 6.32. The molecule has 0 aliphatic carbocycles. The van der Waals surface area contributed by atoms with E-state index in [4.69, 9.17) is 4.42 Å². The molecule has 20 heavy (non-hydrogen) atoms. The van der Waals surface area contributed by atoms with E-state index in [2.05, 4.69) is 4.57 Å². The number of hydrogen-bond acceptors (Lipinski definition) is 3. The number of aromatic nitrogens is 2. The second-order valence-electron chi connectivity index (χ2n) is 4.86. The molecule has 2 heterocycles. The molecule has 0 amide bonds. The highest BCUT2D eigenvalue weighted by Crippen LogP contribution is 2.22. The van der Waals surface area contributed by atoms with Crippen LogP contribution in [0.5, 0.6) is 5.75 Å². The highest BCUT2D eigenvalue weighted by Gasteiger charge is 2.13. The lowest BCUT2D eigenvalue weighted by Crippen LogP contribution is -2.29. The average Bonchev–Trinajstić information content (AvgIpc) is 2.70. The highest BCUT2D eigenvalue weighted by atomic mass is 16.4. The van der Waals surface area contributed by atoms with Gasteiger partial charge in [0.1, 0.15) is 30.3 Å². The molecule has 0 bridgehead atoms. The van der Waals surface area contributed by atoms with Crippen LogP contribution in [-0.2, 0) is 13.6 Å². The average molecular weight is 271 g/mol. The molecule has 5 nitrogen and oxygen atoms in total. The van der Waals surface area contributed by atoms with Crippen molar-refractivity contribution in [2.75, 3.05) is 0 Å². The van der Waals surface area contributed by atoms with Crippen molar-refractivity contribution in [2.45, 2.75) is 13.5 Å². The summed E-state index contributed by atoms with van der Waals surface area (Å²) in [6.07, 6.45) is 3.94. The van der Waals surface area contributed by atoms with Gasteiger partial charge in [0.05, 0.1) is 7.05 Å². The third kappa shape index (κ3) is 2.07. The first kappa shape index (κ1) is 12.5. The van der Waals surface area contributed by atoms with Crippen LogP contribution in [0.1, 0.15) is 11.4 Å². The number of imidazole rings is 1. The van der Waals surface area contributed by atoms with Crippen molar-refractivity contribution in [3.05, 3.63) is 58.5 Å². The number of rotatable bonds is 2. The zero-order valence-corrected chi connectivity index (χ0v) is 11.3. The minimum absolute atomic E-state index is 0.0846. The maximum absolute atomic E-state index is 11.6. The Hall–Kier alpha value is -2.56. The van der Waals surface area contributed by atoms with Gasteiger partial charge in [-0.2, -0.15) is 0 Å². The Labute approximate surface area is 115 Å². The predicted molar refractivity (Wildman–Crippen MR) is 73.6 cm³/mol. The second-order valence-corrected chi connectivity index (χ2v) is 4.86. The van der Waals surface area contributed by atoms with Crippen LogP contribution in [0.3, 0.4) is 0 Å². The zero-order valence-electron chi connectivity index (χ0n) is 11.3. The molecule has 5 heteroatoms. The summed E-state index contributed by atoms with van der Waals surface area (Å²) in [5.74, 6) is 1.17. The van der Waals surface area contributed by atoms with Crippen molar-refractivity contribution in [3.8, 4) is 5.75 Å². The van der Waals surface area contributed by atoms with Crippen LogP contribution in [0, 0.1) is 6.92 Å². The van der Waals surface area contributed by atoms with Crippen molar-refractivity contribution in [3.63, 3.8) is 0 Å². The van der Waals surface area contributed by atoms with Gasteiger partial charge >= 0.3 is 5.63 Å². The Bertz CT molecular complexity index is 846. The molecular weight excluding hydrogens is 256 g/mol. The van der Waals surface area contributed by atoms with Crippen molar-refractivity contribution >= 4 is 11.0 Å². The molecule has 0 atom stereocenters. The van der Waals surface area contributed by atoms with Gasteiger partial charge in [0, 0.05) is 30.0 Å². The maximum Gasteiger partial charge on any atom is 0.336 e.